The van der Waals surface area contributed by atoms with Gasteiger partial charge in [0, 0.05) is 40.2 Å². The van der Waals surface area contributed by atoms with Crippen LogP contribution in [0.1, 0.15) is 20.3 Å². The molecule has 5 nitrogen and oxygen atoms in total. The first-order valence-corrected chi connectivity index (χ1v) is 9.02. The second-order valence-electron chi connectivity index (χ2n) is 5.79. The fourth-order valence-corrected chi connectivity index (χ4v) is 2.67. The standard InChI is InChI=1S/C19H20BrN5/c1-3-13(2)22-19-24-17(14-6-5-9-21-12-14)11-18(25-19)23-16-8-4-7-15(20)10-16/h4-13H,3H2,1-2H3,(H2,22,23,24,25)/t13-/m1/s1. The number of rotatable bonds is 6. The second-order valence-corrected chi connectivity index (χ2v) is 6.71. The number of hydrogen-bond donors (Lipinski definition) is 2. The monoisotopic (exact) mass is 397 g/mol. The average molecular weight is 398 g/mol. The molecule has 0 aliphatic carbocycles. The van der Waals surface area contributed by atoms with Gasteiger partial charge in [0.2, 0.25) is 5.95 Å². The van der Waals surface area contributed by atoms with Crippen LogP contribution in [-0.2, 0) is 0 Å². The molecule has 2 heterocycles. The van der Waals surface area contributed by atoms with Crippen LogP contribution in [0.25, 0.3) is 11.3 Å². The molecule has 6 heteroatoms. The van der Waals surface area contributed by atoms with E-state index in [9.17, 15) is 0 Å². The van der Waals surface area contributed by atoms with Crippen LogP contribution in [0.2, 0.25) is 0 Å². The fourth-order valence-electron chi connectivity index (χ4n) is 2.27. The maximum atomic E-state index is 4.64. The van der Waals surface area contributed by atoms with E-state index in [0.717, 1.165) is 33.7 Å². The highest BCUT2D eigenvalue weighted by Crippen LogP contribution is 2.24. The van der Waals surface area contributed by atoms with Gasteiger partial charge in [0.05, 0.1) is 5.69 Å². The van der Waals surface area contributed by atoms with Gasteiger partial charge in [0.1, 0.15) is 5.82 Å². The van der Waals surface area contributed by atoms with Crippen LogP contribution in [0.3, 0.4) is 0 Å². The summed E-state index contributed by atoms with van der Waals surface area (Å²) < 4.78 is 1.01. The zero-order chi connectivity index (χ0) is 17.6. The summed E-state index contributed by atoms with van der Waals surface area (Å²) in [5.74, 6) is 1.34. The first-order chi connectivity index (χ1) is 12.1. The number of nitrogens with one attached hydrogen (secondary N) is 2. The Bertz CT molecular complexity index is 838. The molecule has 0 fully saturated rings. The number of benzene rings is 1. The molecule has 2 N–H and O–H groups in total. The maximum absolute atomic E-state index is 4.64. The molecule has 25 heavy (non-hydrogen) atoms. The number of nitrogens with zero attached hydrogens (tertiary/aromatic N) is 3. The Morgan fingerprint density at radius 3 is 2.72 bits per heavy atom. The molecule has 0 saturated carbocycles. The second kappa shape index (κ2) is 8.07. The van der Waals surface area contributed by atoms with Gasteiger partial charge in [-0.25, -0.2) is 4.98 Å². The lowest BCUT2D eigenvalue weighted by Gasteiger charge is -2.14. The van der Waals surface area contributed by atoms with Crippen molar-refractivity contribution in [2.45, 2.75) is 26.3 Å². The van der Waals surface area contributed by atoms with Crippen molar-refractivity contribution in [2.75, 3.05) is 10.6 Å². The molecule has 0 aliphatic heterocycles. The van der Waals surface area contributed by atoms with E-state index in [0.29, 0.717) is 12.0 Å². The molecule has 0 radical (unpaired) electrons. The molecule has 1 aromatic carbocycles. The topological polar surface area (TPSA) is 62.7 Å². The molecule has 2 aromatic heterocycles. The van der Waals surface area contributed by atoms with E-state index in [4.69, 9.17) is 0 Å². The lowest BCUT2D eigenvalue weighted by atomic mass is 10.2. The summed E-state index contributed by atoms with van der Waals surface area (Å²) in [5, 5.41) is 6.69. The Morgan fingerprint density at radius 1 is 1.12 bits per heavy atom. The Labute approximate surface area is 156 Å². The van der Waals surface area contributed by atoms with Crippen LogP contribution in [0.5, 0.6) is 0 Å². The minimum atomic E-state index is 0.294. The average Bonchev–Trinajstić information content (AvgIpc) is 2.62. The first kappa shape index (κ1) is 17.4. The molecule has 1 atom stereocenters. The Hall–Kier alpha value is -2.47. The third-order valence-corrected chi connectivity index (χ3v) is 4.26. The largest absolute Gasteiger partial charge is 0.352 e. The lowest BCUT2D eigenvalue weighted by Crippen LogP contribution is -2.16. The van der Waals surface area contributed by atoms with E-state index in [2.05, 4.69) is 55.4 Å². The maximum Gasteiger partial charge on any atom is 0.225 e. The number of hydrogen-bond acceptors (Lipinski definition) is 5. The van der Waals surface area contributed by atoms with Crippen LogP contribution in [0.4, 0.5) is 17.5 Å². The summed E-state index contributed by atoms with van der Waals surface area (Å²) in [5.41, 5.74) is 2.74. The first-order valence-electron chi connectivity index (χ1n) is 8.22. The van der Waals surface area contributed by atoms with Crippen molar-refractivity contribution in [3.05, 3.63) is 59.3 Å². The van der Waals surface area contributed by atoms with Gasteiger partial charge in [-0.05, 0) is 43.7 Å². The number of pyridine rings is 1. The van der Waals surface area contributed by atoms with E-state index in [-0.39, 0.29) is 0 Å². The van der Waals surface area contributed by atoms with Crippen molar-refractivity contribution in [3.8, 4) is 11.3 Å². The molecule has 0 saturated heterocycles. The van der Waals surface area contributed by atoms with Gasteiger partial charge in [-0.1, -0.05) is 28.9 Å². The van der Waals surface area contributed by atoms with Crippen LogP contribution in [0.15, 0.2) is 59.3 Å². The normalized spacial score (nSPS) is 11.8. The Balaban J connectivity index is 1.97. The number of anilines is 3. The third-order valence-electron chi connectivity index (χ3n) is 3.77. The van der Waals surface area contributed by atoms with Gasteiger partial charge in [0.25, 0.3) is 0 Å². The molecule has 3 aromatic rings. The Kier molecular flexibility index (Phi) is 5.60. The van der Waals surface area contributed by atoms with E-state index in [1.165, 1.54) is 0 Å². The van der Waals surface area contributed by atoms with Crippen LogP contribution < -0.4 is 10.6 Å². The van der Waals surface area contributed by atoms with E-state index < -0.39 is 0 Å². The molecular formula is C19H20BrN5. The smallest absolute Gasteiger partial charge is 0.225 e. The van der Waals surface area contributed by atoms with Crippen molar-refractivity contribution < 1.29 is 0 Å². The highest BCUT2D eigenvalue weighted by Gasteiger charge is 2.09. The molecule has 0 spiro atoms. The lowest BCUT2D eigenvalue weighted by molar-refractivity contribution is 0.753. The van der Waals surface area contributed by atoms with Gasteiger partial charge in [0.15, 0.2) is 0 Å². The van der Waals surface area contributed by atoms with Crippen molar-refractivity contribution in [1.29, 1.82) is 0 Å². The summed E-state index contributed by atoms with van der Waals surface area (Å²) in [6.07, 6.45) is 4.55. The fraction of sp³-hybridized carbons (Fsp3) is 0.211. The molecule has 128 valence electrons. The summed E-state index contributed by atoms with van der Waals surface area (Å²) >= 11 is 3.49. The predicted octanol–water partition coefficient (Wildman–Crippen LogP) is 5.26. The summed E-state index contributed by atoms with van der Waals surface area (Å²) in [6.45, 7) is 4.24. The zero-order valence-electron chi connectivity index (χ0n) is 14.2. The van der Waals surface area contributed by atoms with Crippen molar-refractivity contribution >= 4 is 33.4 Å². The number of halogens is 1. The number of aromatic nitrogens is 3. The SMILES string of the molecule is CC[C@@H](C)Nc1nc(Nc2cccc(Br)c2)cc(-c2cccnc2)n1. The van der Waals surface area contributed by atoms with Crippen LogP contribution >= 0.6 is 15.9 Å². The Morgan fingerprint density at radius 2 is 2.00 bits per heavy atom. The van der Waals surface area contributed by atoms with Gasteiger partial charge in [-0.3, -0.25) is 4.98 Å². The minimum absolute atomic E-state index is 0.294. The minimum Gasteiger partial charge on any atom is -0.352 e. The van der Waals surface area contributed by atoms with Crippen LogP contribution in [-0.4, -0.2) is 21.0 Å². The molecular weight excluding hydrogens is 378 g/mol. The quantitative estimate of drug-likeness (QED) is 0.594. The van der Waals surface area contributed by atoms with Gasteiger partial charge in [-0.2, -0.15) is 4.98 Å². The zero-order valence-corrected chi connectivity index (χ0v) is 15.8. The summed E-state index contributed by atoms with van der Waals surface area (Å²) in [7, 11) is 0. The van der Waals surface area contributed by atoms with Crippen molar-refractivity contribution in [3.63, 3.8) is 0 Å². The van der Waals surface area contributed by atoms with Crippen molar-refractivity contribution in [1.82, 2.24) is 15.0 Å². The summed E-state index contributed by atoms with van der Waals surface area (Å²) in [4.78, 5) is 13.4. The molecule has 0 amide bonds. The molecule has 0 bridgehead atoms. The molecule has 0 aliphatic rings. The van der Waals surface area contributed by atoms with Gasteiger partial charge in [-0.15, -0.1) is 0 Å². The van der Waals surface area contributed by atoms with E-state index in [1.807, 2.05) is 42.5 Å². The van der Waals surface area contributed by atoms with E-state index in [1.54, 1.807) is 12.4 Å². The van der Waals surface area contributed by atoms with E-state index >= 15 is 0 Å². The highest BCUT2D eigenvalue weighted by atomic mass is 79.9. The molecule has 0 unspecified atom stereocenters. The third kappa shape index (κ3) is 4.76. The highest BCUT2D eigenvalue weighted by molar-refractivity contribution is 9.10. The van der Waals surface area contributed by atoms with Crippen LogP contribution in [0, 0.1) is 0 Å². The summed E-state index contributed by atoms with van der Waals surface area (Å²) in [6, 6.07) is 14.1. The van der Waals surface area contributed by atoms with Crippen molar-refractivity contribution in [2.24, 2.45) is 0 Å². The van der Waals surface area contributed by atoms with Gasteiger partial charge >= 0.3 is 0 Å². The van der Waals surface area contributed by atoms with Gasteiger partial charge < -0.3 is 10.6 Å². The predicted molar refractivity (Wildman–Crippen MR) is 106 cm³/mol. The molecule has 3 rings (SSSR count).